The fourth-order valence-corrected chi connectivity index (χ4v) is 3.39. The van der Waals surface area contributed by atoms with E-state index < -0.39 is 5.82 Å². The Kier molecular flexibility index (Phi) is 6.54. The number of rotatable bonds is 6. The first kappa shape index (κ1) is 21.0. The van der Waals surface area contributed by atoms with Gasteiger partial charge in [-0.15, -0.1) is 0 Å². The molecule has 0 radical (unpaired) electrons. The quantitative estimate of drug-likeness (QED) is 0.441. The molecule has 4 rings (SSSR count). The lowest BCUT2D eigenvalue weighted by molar-refractivity contribution is 0.122. The topological polar surface area (TPSA) is 87.6 Å². The standard InChI is InChI=1S/C21H21ClFN7O/c1-14-8-15(22)10-18(9-14)27-17-3-2-16(24-11-17)12-26-29-21-25-13-19(23)20(28-21)30-4-6-31-7-5-30/h2-3,8-13,27H,4-7H2,1H3,(H,25,28,29)/b26-12+. The molecule has 0 amide bonds. The molecular formula is C21H21ClFN7O. The minimum Gasteiger partial charge on any atom is -0.378 e. The Labute approximate surface area is 184 Å². The Morgan fingerprint density at radius 1 is 1.13 bits per heavy atom. The van der Waals surface area contributed by atoms with Gasteiger partial charge in [-0.1, -0.05) is 11.6 Å². The molecule has 1 saturated heterocycles. The molecule has 0 bridgehead atoms. The minimum atomic E-state index is -0.476. The molecule has 0 atom stereocenters. The highest BCUT2D eigenvalue weighted by Gasteiger charge is 2.17. The molecule has 31 heavy (non-hydrogen) atoms. The van der Waals surface area contributed by atoms with E-state index in [2.05, 4.69) is 30.8 Å². The van der Waals surface area contributed by atoms with Crippen LogP contribution in [0.5, 0.6) is 0 Å². The molecule has 2 N–H and O–H groups in total. The van der Waals surface area contributed by atoms with Crippen molar-refractivity contribution in [2.45, 2.75) is 6.92 Å². The van der Waals surface area contributed by atoms with Crippen LogP contribution in [0.25, 0.3) is 0 Å². The van der Waals surface area contributed by atoms with Crippen molar-refractivity contribution in [3.8, 4) is 0 Å². The third kappa shape index (κ3) is 5.65. The van der Waals surface area contributed by atoms with Crippen LogP contribution in [0.3, 0.4) is 0 Å². The molecule has 10 heteroatoms. The summed E-state index contributed by atoms with van der Waals surface area (Å²) in [6, 6.07) is 9.44. The Bertz CT molecular complexity index is 1050. The fraction of sp³-hybridized carbons (Fsp3) is 0.238. The van der Waals surface area contributed by atoms with Crippen LogP contribution in [-0.2, 0) is 4.74 Å². The van der Waals surface area contributed by atoms with E-state index in [0.29, 0.717) is 37.0 Å². The maximum Gasteiger partial charge on any atom is 0.245 e. The van der Waals surface area contributed by atoms with Crippen LogP contribution in [0.15, 0.2) is 47.8 Å². The van der Waals surface area contributed by atoms with Gasteiger partial charge in [0.1, 0.15) is 0 Å². The first-order valence-electron chi connectivity index (χ1n) is 9.71. The van der Waals surface area contributed by atoms with Gasteiger partial charge >= 0.3 is 0 Å². The number of hydrazone groups is 1. The van der Waals surface area contributed by atoms with Gasteiger partial charge < -0.3 is 15.0 Å². The lowest BCUT2D eigenvalue weighted by Crippen LogP contribution is -2.37. The molecule has 1 fully saturated rings. The van der Waals surface area contributed by atoms with Crippen molar-refractivity contribution in [1.29, 1.82) is 0 Å². The summed E-state index contributed by atoms with van der Waals surface area (Å²) in [5, 5.41) is 8.03. The highest BCUT2D eigenvalue weighted by Crippen LogP contribution is 2.22. The number of nitrogens with one attached hydrogen (secondary N) is 2. The van der Waals surface area contributed by atoms with E-state index in [4.69, 9.17) is 16.3 Å². The van der Waals surface area contributed by atoms with Gasteiger partial charge in [0.2, 0.25) is 5.95 Å². The summed E-state index contributed by atoms with van der Waals surface area (Å²) in [7, 11) is 0. The highest BCUT2D eigenvalue weighted by atomic mass is 35.5. The summed E-state index contributed by atoms with van der Waals surface area (Å²) in [4.78, 5) is 14.3. The van der Waals surface area contributed by atoms with E-state index in [1.165, 1.54) is 6.21 Å². The number of pyridine rings is 1. The molecule has 3 aromatic rings. The highest BCUT2D eigenvalue weighted by molar-refractivity contribution is 6.30. The predicted molar refractivity (Wildman–Crippen MR) is 120 cm³/mol. The van der Waals surface area contributed by atoms with Crippen LogP contribution in [0.1, 0.15) is 11.3 Å². The number of aromatic nitrogens is 3. The second-order valence-electron chi connectivity index (χ2n) is 6.95. The van der Waals surface area contributed by atoms with E-state index >= 15 is 0 Å². The summed E-state index contributed by atoms with van der Waals surface area (Å²) < 4.78 is 19.4. The van der Waals surface area contributed by atoms with E-state index in [9.17, 15) is 4.39 Å². The zero-order chi connectivity index (χ0) is 21.6. The molecule has 0 saturated carbocycles. The van der Waals surface area contributed by atoms with Gasteiger partial charge in [0.15, 0.2) is 11.6 Å². The number of anilines is 4. The number of halogens is 2. The van der Waals surface area contributed by atoms with Crippen LogP contribution in [0.4, 0.5) is 27.5 Å². The van der Waals surface area contributed by atoms with Gasteiger partial charge in [-0.2, -0.15) is 10.1 Å². The van der Waals surface area contributed by atoms with Crippen molar-refractivity contribution < 1.29 is 9.13 Å². The molecule has 8 nitrogen and oxygen atoms in total. The Morgan fingerprint density at radius 3 is 2.71 bits per heavy atom. The number of nitrogens with zero attached hydrogens (tertiary/aromatic N) is 5. The summed E-state index contributed by atoms with van der Waals surface area (Å²) in [5.74, 6) is -0.0364. The lowest BCUT2D eigenvalue weighted by atomic mass is 10.2. The van der Waals surface area contributed by atoms with Crippen molar-refractivity contribution >= 4 is 41.0 Å². The molecule has 3 heterocycles. The summed E-state index contributed by atoms with van der Waals surface area (Å²) in [5.41, 5.74) is 6.13. The van der Waals surface area contributed by atoms with Crippen LogP contribution >= 0.6 is 11.6 Å². The second-order valence-corrected chi connectivity index (χ2v) is 7.39. The van der Waals surface area contributed by atoms with Crippen LogP contribution in [-0.4, -0.2) is 47.5 Å². The molecule has 0 unspecified atom stereocenters. The minimum absolute atomic E-state index is 0.203. The number of morpholine rings is 1. The Hall–Kier alpha value is -3.30. The molecule has 160 valence electrons. The van der Waals surface area contributed by atoms with Gasteiger partial charge in [-0.3, -0.25) is 4.98 Å². The molecular weight excluding hydrogens is 421 g/mol. The maximum atomic E-state index is 14.1. The molecule has 0 spiro atoms. The van der Waals surface area contributed by atoms with Crippen LogP contribution in [0.2, 0.25) is 5.02 Å². The number of ether oxygens (including phenoxy) is 1. The van der Waals surface area contributed by atoms with Crippen LogP contribution in [0, 0.1) is 12.7 Å². The van der Waals surface area contributed by atoms with Crippen molar-refractivity contribution in [3.05, 3.63) is 64.8 Å². The van der Waals surface area contributed by atoms with Gasteiger partial charge in [0.25, 0.3) is 0 Å². The van der Waals surface area contributed by atoms with E-state index in [-0.39, 0.29) is 11.8 Å². The zero-order valence-electron chi connectivity index (χ0n) is 16.8. The summed E-state index contributed by atoms with van der Waals surface area (Å²) in [6.07, 6.45) is 4.36. The maximum absolute atomic E-state index is 14.1. The normalized spacial score (nSPS) is 14.1. The van der Waals surface area contributed by atoms with Crippen molar-refractivity contribution in [2.24, 2.45) is 5.10 Å². The Morgan fingerprint density at radius 2 is 1.97 bits per heavy atom. The zero-order valence-corrected chi connectivity index (χ0v) is 17.6. The molecule has 2 aromatic heterocycles. The van der Waals surface area contributed by atoms with Gasteiger partial charge in [0, 0.05) is 23.8 Å². The first-order chi connectivity index (χ1) is 15.1. The van der Waals surface area contributed by atoms with Crippen LogP contribution < -0.4 is 15.6 Å². The lowest BCUT2D eigenvalue weighted by Gasteiger charge is -2.27. The summed E-state index contributed by atoms with van der Waals surface area (Å²) in [6.45, 7) is 4.22. The van der Waals surface area contributed by atoms with E-state index in [0.717, 1.165) is 23.1 Å². The third-order valence-electron chi connectivity index (χ3n) is 4.51. The van der Waals surface area contributed by atoms with Gasteiger partial charge in [0.05, 0.1) is 43.2 Å². The summed E-state index contributed by atoms with van der Waals surface area (Å²) >= 11 is 6.09. The Balaban J connectivity index is 1.38. The first-order valence-corrected chi connectivity index (χ1v) is 10.1. The average molecular weight is 442 g/mol. The number of hydrogen-bond acceptors (Lipinski definition) is 8. The van der Waals surface area contributed by atoms with Crippen molar-refractivity contribution in [3.63, 3.8) is 0 Å². The van der Waals surface area contributed by atoms with E-state index in [1.807, 2.05) is 42.2 Å². The SMILES string of the molecule is Cc1cc(Cl)cc(Nc2ccc(/C=N/Nc3ncc(F)c(N4CCOCC4)n3)nc2)c1. The fourth-order valence-electron chi connectivity index (χ4n) is 3.10. The molecule has 1 aliphatic heterocycles. The second kappa shape index (κ2) is 9.67. The smallest absolute Gasteiger partial charge is 0.245 e. The molecule has 0 aliphatic carbocycles. The number of aryl methyl sites for hydroxylation is 1. The monoisotopic (exact) mass is 441 g/mol. The van der Waals surface area contributed by atoms with Crippen molar-refractivity contribution in [2.75, 3.05) is 41.9 Å². The average Bonchev–Trinajstić information content (AvgIpc) is 2.76. The third-order valence-corrected chi connectivity index (χ3v) is 4.73. The number of benzene rings is 1. The molecule has 1 aliphatic rings. The van der Waals surface area contributed by atoms with E-state index in [1.54, 1.807) is 6.20 Å². The largest absolute Gasteiger partial charge is 0.378 e. The van der Waals surface area contributed by atoms with Gasteiger partial charge in [-0.25, -0.2) is 14.8 Å². The van der Waals surface area contributed by atoms with Crippen molar-refractivity contribution in [1.82, 2.24) is 15.0 Å². The van der Waals surface area contributed by atoms with Gasteiger partial charge in [-0.05, 0) is 42.8 Å². The predicted octanol–water partition coefficient (Wildman–Crippen LogP) is 4.00. The number of hydrogen-bond donors (Lipinski definition) is 2. The molecule has 1 aromatic carbocycles.